The molecule has 5 rings (SSSR count). The molecule has 8 heteroatoms. The Morgan fingerprint density at radius 1 is 0.868 bits per heavy atom. The second-order valence-electron chi connectivity index (χ2n) is 10.4. The molecule has 0 aliphatic carbocycles. The first kappa shape index (κ1) is 26.1. The van der Waals surface area contributed by atoms with Gasteiger partial charge < -0.3 is 4.74 Å². The van der Waals surface area contributed by atoms with Crippen molar-refractivity contribution in [3.63, 3.8) is 0 Å². The smallest absolute Gasteiger partial charge is 0.374 e. The number of benzene rings is 3. The molecule has 2 heterocycles. The third kappa shape index (κ3) is 4.97. The number of alkyl halides is 4. The summed E-state index contributed by atoms with van der Waals surface area (Å²) < 4.78 is 58.2. The highest BCUT2D eigenvalue weighted by Gasteiger charge is 2.43. The number of hydrogen-bond donors (Lipinski definition) is 0. The summed E-state index contributed by atoms with van der Waals surface area (Å²) in [5, 5.41) is 5.69. The van der Waals surface area contributed by atoms with E-state index in [1.54, 1.807) is 13.8 Å². The maximum absolute atomic E-state index is 14.5. The molecule has 4 nitrogen and oxygen atoms in total. The van der Waals surface area contributed by atoms with Gasteiger partial charge in [0.15, 0.2) is 5.67 Å². The van der Waals surface area contributed by atoms with Gasteiger partial charge in [0, 0.05) is 0 Å². The van der Waals surface area contributed by atoms with Crippen molar-refractivity contribution in [2.75, 3.05) is 18.2 Å². The minimum atomic E-state index is -4.44. The fraction of sp³-hybridized carbons (Fsp3) is 0.333. The van der Waals surface area contributed by atoms with E-state index in [4.69, 9.17) is 4.74 Å². The van der Waals surface area contributed by atoms with Crippen molar-refractivity contribution in [3.05, 3.63) is 89.5 Å². The molecule has 0 bridgehead atoms. The highest BCUT2D eigenvalue weighted by molar-refractivity contribution is 6.18. The minimum Gasteiger partial charge on any atom is -0.374 e. The third-order valence-corrected chi connectivity index (χ3v) is 7.34. The van der Waals surface area contributed by atoms with Crippen molar-refractivity contribution in [3.8, 4) is 11.1 Å². The van der Waals surface area contributed by atoms with Gasteiger partial charge in [-0.05, 0) is 79.6 Å². The Hall–Kier alpha value is -3.52. The van der Waals surface area contributed by atoms with Gasteiger partial charge in [-0.2, -0.15) is 18.3 Å². The van der Waals surface area contributed by atoms with E-state index in [-0.39, 0.29) is 19.1 Å². The van der Waals surface area contributed by atoms with Crippen LogP contribution in [0.2, 0.25) is 0 Å². The first-order valence-corrected chi connectivity index (χ1v) is 12.5. The van der Waals surface area contributed by atoms with E-state index in [0.717, 1.165) is 41.7 Å². The Balaban J connectivity index is 1.20. The van der Waals surface area contributed by atoms with Crippen LogP contribution in [0.4, 0.5) is 23.2 Å². The highest BCUT2D eigenvalue weighted by atomic mass is 19.4. The molecule has 0 radical (unpaired) electrons. The van der Waals surface area contributed by atoms with E-state index in [2.05, 4.69) is 17.2 Å². The maximum atomic E-state index is 14.5. The molecule has 38 heavy (non-hydrogen) atoms. The number of carbonyl (C=O) groups excluding carboxylic acids is 1. The molecule has 2 aliphatic heterocycles. The van der Waals surface area contributed by atoms with Gasteiger partial charge in [-0.3, -0.25) is 4.79 Å². The standard InChI is InChI=1S/C30H28F4N2O2/c1-28(2)26(35-36(27(28)37)25-16-14-24(15-17-25)30(32,33)34)5-3-4-20-6-8-21(9-7-20)22-10-12-23(13-11-22)29(31)18-38-19-29/h6-17H,3-5,18-19H2,1-2H3. The van der Waals surface area contributed by atoms with Crippen LogP contribution in [0.1, 0.15) is 43.4 Å². The topological polar surface area (TPSA) is 41.9 Å². The fourth-order valence-corrected chi connectivity index (χ4v) is 4.74. The highest BCUT2D eigenvalue weighted by Crippen LogP contribution is 2.37. The number of aryl methyl sites for hydroxylation is 1. The number of ether oxygens (including phenoxy) is 1. The molecule has 198 valence electrons. The fourth-order valence-electron chi connectivity index (χ4n) is 4.74. The lowest BCUT2D eigenvalue weighted by molar-refractivity contribution is -0.137. The monoisotopic (exact) mass is 524 g/mol. The zero-order chi connectivity index (χ0) is 27.1. The van der Waals surface area contributed by atoms with E-state index in [1.165, 1.54) is 17.1 Å². The molecule has 0 saturated carbocycles. The van der Waals surface area contributed by atoms with E-state index >= 15 is 0 Å². The van der Waals surface area contributed by atoms with Crippen molar-refractivity contribution < 1.29 is 27.1 Å². The summed E-state index contributed by atoms with van der Waals surface area (Å²) in [4.78, 5) is 13.0. The first-order valence-electron chi connectivity index (χ1n) is 12.5. The number of nitrogens with zero attached hydrogens (tertiary/aromatic N) is 2. The molecule has 1 saturated heterocycles. The second-order valence-corrected chi connectivity index (χ2v) is 10.4. The summed E-state index contributed by atoms with van der Waals surface area (Å²) in [5.74, 6) is -0.258. The van der Waals surface area contributed by atoms with Gasteiger partial charge in [-0.15, -0.1) is 0 Å². The minimum absolute atomic E-state index is 0.103. The zero-order valence-electron chi connectivity index (χ0n) is 21.2. The summed E-state index contributed by atoms with van der Waals surface area (Å²) in [6, 6.07) is 20.1. The van der Waals surface area contributed by atoms with Gasteiger partial charge in [0.25, 0.3) is 5.91 Å². The molecule has 2 aliphatic rings. The SMILES string of the molecule is CC1(C)C(=O)N(c2ccc(C(F)(F)F)cc2)N=C1CCCc1ccc(-c2ccc(C3(F)COC3)cc2)cc1. The van der Waals surface area contributed by atoms with Crippen LogP contribution < -0.4 is 5.01 Å². The van der Waals surface area contributed by atoms with Crippen LogP contribution in [-0.2, 0) is 27.8 Å². The summed E-state index contributed by atoms with van der Waals surface area (Å²) in [6.07, 6.45) is -2.29. The molecule has 0 unspecified atom stereocenters. The van der Waals surface area contributed by atoms with Crippen molar-refractivity contribution in [2.45, 2.75) is 45.0 Å². The molecule has 3 aromatic rings. The number of hydrazone groups is 1. The summed E-state index contributed by atoms with van der Waals surface area (Å²) in [7, 11) is 0. The van der Waals surface area contributed by atoms with E-state index in [1.807, 2.05) is 36.4 Å². The molecule has 1 amide bonds. The van der Waals surface area contributed by atoms with E-state index < -0.39 is 22.8 Å². The lowest BCUT2D eigenvalue weighted by Crippen LogP contribution is -2.42. The van der Waals surface area contributed by atoms with Crippen LogP contribution in [0.15, 0.2) is 77.9 Å². The Labute approximate surface area is 218 Å². The number of anilines is 1. The van der Waals surface area contributed by atoms with Crippen LogP contribution in [0.5, 0.6) is 0 Å². The molecular weight excluding hydrogens is 496 g/mol. The molecule has 0 spiro atoms. The van der Waals surface area contributed by atoms with Crippen LogP contribution in [0.3, 0.4) is 0 Å². The lowest BCUT2D eigenvalue weighted by atomic mass is 9.84. The molecule has 1 fully saturated rings. The largest absolute Gasteiger partial charge is 0.416 e. The number of carbonyl (C=O) groups is 1. The summed E-state index contributed by atoms with van der Waals surface area (Å²) in [5.41, 5.74) is 1.88. The normalized spacial score (nSPS) is 18.3. The van der Waals surface area contributed by atoms with Crippen LogP contribution >= 0.6 is 0 Å². The number of hydrogen-bond acceptors (Lipinski definition) is 3. The van der Waals surface area contributed by atoms with Gasteiger partial charge in [0.2, 0.25) is 0 Å². The van der Waals surface area contributed by atoms with Crippen LogP contribution in [-0.4, -0.2) is 24.8 Å². The van der Waals surface area contributed by atoms with Gasteiger partial charge in [-0.25, -0.2) is 9.40 Å². The van der Waals surface area contributed by atoms with Crippen LogP contribution in [0.25, 0.3) is 11.1 Å². The Bertz CT molecular complexity index is 1340. The van der Waals surface area contributed by atoms with Crippen molar-refractivity contribution in [1.82, 2.24) is 0 Å². The predicted octanol–water partition coefficient (Wildman–Crippen LogP) is 7.32. The van der Waals surface area contributed by atoms with Gasteiger partial charge in [0.1, 0.15) is 0 Å². The maximum Gasteiger partial charge on any atom is 0.416 e. The summed E-state index contributed by atoms with van der Waals surface area (Å²) in [6.45, 7) is 3.79. The Morgan fingerprint density at radius 2 is 1.45 bits per heavy atom. The lowest BCUT2D eigenvalue weighted by Gasteiger charge is -2.34. The molecule has 0 aromatic heterocycles. The molecule has 0 atom stereocenters. The summed E-state index contributed by atoms with van der Waals surface area (Å²) >= 11 is 0. The Morgan fingerprint density at radius 3 is 1.97 bits per heavy atom. The van der Waals surface area contributed by atoms with Gasteiger partial charge in [0.05, 0.1) is 35.6 Å². The van der Waals surface area contributed by atoms with Crippen molar-refractivity contribution in [2.24, 2.45) is 10.5 Å². The van der Waals surface area contributed by atoms with E-state index in [9.17, 15) is 22.4 Å². The van der Waals surface area contributed by atoms with Gasteiger partial charge in [-0.1, -0.05) is 48.5 Å². The zero-order valence-corrected chi connectivity index (χ0v) is 21.2. The third-order valence-electron chi connectivity index (χ3n) is 7.34. The quantitative estimate of drug-likeness (QED) is 0.304. The number of rotatable bonds is 7. The van der Waals surface area contributed by atoms with Crippen molar-refractivity contribution in [1.29, 1.82) is 0 Å². The average molecular weight is 525 g/mol. The predicted molar refractivity (Wildman–Crippen MR) is 139 cm³/mol. The Kier molecular flexibility index (Phi) is 6.63. The molecule has 3 aromatic carbocycles. The second kappa shape index (κ2) is 9.66. The van der Waals surface area contributed by atoms with Crippen molar-refractivity contribution >= 4 is 17.3 Å². The average Bonchev–Trinajstić information content (AvgIpc) is 3.11. The number of amides is 1. The van der Waals surface area contributed by atoms with Gasteiger partial charge >= 0.3 is 6.18 Å². The van der Waals surface area contributed by atoms with E-state index in [0.29, 0.717) is 23.4 Å². The molecular formula is C30H28F4N2O2. The molecule has 0 N–H and O–H groups in total. The van der Waals surface area contributed by atoms with Crippen LogP contribution in [0, 0.1) is 5.41 Å². The number of halogens is 4. The first-order chi connectivity index (χ1) is 18.0.